The van der Waals surface area contributed by atoms with Crippen LogP contribution in [0.5, 0.6) is 5.88 Å². The molecule has 0 atom stereocenters. The van der Waals surface area contributed by atoms with Crippen molar-refractivity contribution in [3.8, 4) is 5.88 Å². The fraction of sp³-hybridized carbons (Fsp3) is 0.600. The Morgan fingerprint density at radius 2 is 2.14 bits per heavy atom. The molecule has 0 aliphatic heterocycles. The number of pyridine rings is 1. The Bertz CT molecular complexity index is 572. The number of nitrogens with zero attached hydrogens (tertiary/aromatic N) is 1. The van der Waals surface area contributed by atoms with E-state index in [4.69, 9.17) is 0 Å². The molecular weight excluding hydrogens is 294 g/mol. The van der Waals surface area contributed by atoms with Crippen LogP contribution in [0.15, 0.2) is 18.3 Å². The van der Waals surface area contributed by atoms with Crippen LogP contribution in [0.25, 0.3) is 0 Å². The van der Waals surface area contributed by atoms with Crippen LogP contribution in [0.2, 0.25) is 0 Å². The van der Waals surface area contributed by atoms with E-state index in [1.165, 1.54) is 18.3 Å². The molecule has 120 valence electrons. The highest BCUT2D eigenvalue weighted by molar-refractivity contribution is 5.94. The minimum Gasteiger partial charge on any atom is -0.417 e. The maximum Gasteiger partial charge on any atom is 0.388 e. The molecule has 3 rings (SSSR count). The Morgan fingerprint density at radius 3 is 2.68 bits per heavy atom. The average molecular weight is 312 g/mol. The number of ether oxygens (including phenoxy) is 1. The Balaban J connectivity index is 1.60. The molecule has 1 aromatic heterocycles. The molecule has 2 N–H and O–H groups in total. The smallest absolute Gasteiger partial charge is 0.388 e. The first kappa shape index (κ1) is 15.1. The van der Waals surface area contributed by atoms with E-state index < -0.39 is 12.2 Å². The number of carbonyl (C=O) groups excluding carboxylic acids is 1. The summed E-state index contributed by atoms with van der Waals surface area (Å²) in [4.78, 5) is 15.7. The normalized spacial score (nSPS) is 21.1. The SMILES string of the molecule is O=C(NCC1(C2(O)CCC2)CC1)c1ccnc(OC(F)F)c1. The van der Waals surface area contributed by atoms with Gasteiger partial charge in [-0.3, -0.25) is 4.79 Å². The summed E-state index contributed by atoms with van der Waals surface area (Å²) in [6.45, 7) is -2.58. The van der Waals surface area contributed by atoms with Gasteiger partial charge in [-0.05, 0) is 38.2 Å². The van der Waals surface area contributed by atoms with Gasteiger partial charge >= 0.3 is 6.61 Å². The summed E-state index contributed by atoms with van der Waals surface area (Å²) in [5, 5.41) is 13.2. The van der Waals surface area contributed by atoms with E-state index in [2.05, 4.69) is 15.0 Å². The Kier molecular flexibility index (Phi) is 3.76. The van der Waals surface area contributed by atoms with Crippen molar-refractivity contribution < 1.29 is 23.4 Å². The van der Waals surface area contributed by atoms with Crippen LogP contribution in [0, 0.1) is 5.41 Å². The Hall–Kier alpha value is -1.76. The van der Waals surface area contributed by atoms with Gasteiger partial charge in [0.1, 0.15) is 0 Å². The molecule has 7 heteroatoms. The fourth-order valence-electron chi connectivity index (χ4n) is 3.06. The van der Waals surface area contributed by atoms with E-state index in [0.717, 1.165) is 32.1 Å². The van der Waals surface area contributed by atoms with Gasteiger partial charge in [0.2, 0.25) is 5.88 Å². The first-order valence-electron chi connectivity index (χ1n) is 7.36. The van der Waals surface area contributed by atoms with E-state index in [-0.39, 0.29) is 22.8 Å². The van der Waals surface area contributed by atoms with Gasteiger partial charge in [0, 0.05) is 29.8 Å². The van der Waals surface area contributed by atoms with Crippen LogP contribution in [-0.4, -0.2) is 34.8 Å². The minimum atomic E-state index is -2.98. The number of hydrogen-bond donors (Lipinski definition) is 2. The number of alkyl halides is 2. The highest BCUT2D eigenvalue weighted by Gasteiger charge is 2.60. The second kappa shape index (κ2) is 5.46. The van der Waals surface area contributed by atoms with Gasteiger partial charge in [-0.25, -0.2) is 4.98 Å². The van der Waals surface area contributed by atoms with Gasteiger partial charge in [0.15, 0.2) is 0 Å². The summed E-state index contributed by atoms with van der Waals surface area (Å²) in [7, 11) is 0. The number of rotatable bonds is 6. The largest absolute Gasteiger partial charge is 0.417 e. The van der Waals surface area contributed by atoms with Crippen molar-refractivity contribution in [3.05, 3.63) is 23.9 Å². The molecule has 0 saturated heterocycles. The molecule has 2 saturated carbocycles. The van der Waals surface area contributed by atoms with Crippen molar-refractivity contribution in [2.75, 3.05) is 6.54 Å². The summed E-state index contributed by atoms with van der Waals surface area (Å²) >= 11 is 0. The minimum absolute atomic E-state index is 0.210. The van der Waals surface area contributed by atoms with E-state index in [1.807, 2.05) is 0 Å². The number of halogens is 2. The number of amides is 1. The van der Waals surface area contributed by atoms with Crippen LogP contribution < -0.4 is 10.1 Å². The van der Waals surface area contributed by atoms with Gasteiger partial charge < -0.3 is 15.2 Å². The number of nitrogens with one attached hydrogen (secondary N) is 1. The zero-order valence-electron chi connectivity index (χ0n) is 12.0. The molecule has 0 bridgehead atoms. The van der Waals surface area contributed by atoms with Crippen LogP contribution >= 0.6 is 0 Å². The molecule has 2 aliphatic carbocycles. The summed E-state index contributed by atoms with van der Waals surface area (Å²) in [6, 6.07) is 2.62. The number of hydrogen-bond acceptors (Lipinski definition) is 4. The number of aliphatic hydroxyl groups is 1. The summed E-state index contributed by atoms with van der Waals surface area (Å²) in [5.41, 5.74) is -0.652. The average Bonchev–Trinajstić information content (AvgIpc) is 3.23. The summed E-state index contributed by atoms with van der Waals surface area (Å²) in [5.74, 6) is -0.669. The highest BCUT2D eigenvalue weighted by atomic mass is 19.3. The van der Waals surface area contributed by atoms with Crippen molar-refractivity contribution in [2.45, 2.75) is 44.3 Å². The van der Waals surface area contributed by atoms with Crippen LogP contribution in [0.3, 0.4) is 0 Å². The van der Waals surface area contributed by atoms with Crippen molar-refractivity contribution in [3.63, 3.8) is 0 Å². The van der Waals surface area contributed by atoms with Gasteiger partial charge in [-0.15, -0.1) is 0 Å². The lowest BCUT2D eigenvalue weighted by molar-refractivity contribution is -0.0948. The van der Waals surface area contributed by atoms with Gasteiger partial charge in [0.25, 0.3) is 5.91 Å². The Morgan fingerprint density at radius 1 is 1.41 bits per heavy atom. The van der Waals surface area contributed by atoms with Crippen LogP contribution in [-0.2, 0) is 0 Å². The molecule has 0 spiro atoms. The molecule has 2 fully saturated rings. The van der Waals surface area contributed by atoms with E-state index in [1.54, 1.807) is 0 Å². The first-order chi connectivity index (χ1) is 10.4. The lowest BCUT2D eigenvalue weighted by Crippen LogP contribution is -2.50. The van der Waals surface area contributed by atoms with E-state index in [9.17, 15) is 18.7 Å². The van der Waals surface area contributed by atoms with Crippen molar-refractivity contribution in [1.29, 1.82) is 0 Å². The predicted molar refractivity (Wildman–Crippen MR) is 73.7 cm³/mol. The lowest BCUT2D eigenvalue weighted by atomic mass is 9.69. The quantitative estimate of drug-likeness (QED) is 0.844. The van der Waals surface area contributed by atoms with Crippen molar-refractivity contribution in [2.24, 2.45) is 5.41 Å². The number of carbonyl (C=O) groups is 1. The lowest BCUT2D eigenvalue weighted by Gasteiger charge is -2.44. The summed E-state index contributed by atoms with van der Waals surface area (Å²) < 4.78 is 28.5. The monoisotopic (exact) mass is 312 g/mol. The molecule has 1 amide bonds. The van der Waals surface area contributed by atoms with Crippen LogP contribution in [0.4, 0.5) is 8.78 Å². The molecule has 2 aliphatic rings. The molecule has 5 nitrogen and oxygen atoms in total. The zero-order chi connectivity index (χ0) is 15.8. The third-order valence-corrected chi connectivity index (χ3v) is 4.82. The maximum absolute atomic E-state index is 12.2. The molecule has 1 heterocycles. The maximum atomic E-state index is 12.2. The highest BCUT2D eigenvalue weighted by Crippen LogP contribution is 2.60. The topological polar surface area (TPSA) is 71.5 Å². The number of aromatic nitrogens is 1. The van der Waals surface area contributed by atoms with Crippen molar-refractivity contribution in [1.82, 2.24) is 10.3 Å². The predicted octanol–water partition coefficient (Wildman–Crippen LogP) is 2.11. The molecule has 1 aromatic rings. The third-order valence-electron chi connectivity index (χ3n) is 4.82. The molecule has 0 radical (unpaired) electrons. The third kappa shape index (κ3) is 2.77. The molecule has 0 aromatic carbocycles. The van der Waals surface area contributed by atoms with Crippen molar-refractivity contribution >= 4 is 5.91 Å². The summed E-state index contributed by atoms with van der Waals surface area (Å²) in [6.07, 6.45) is 5.64. The second-order valence-corrected chi connectivity index (χ2v) is 6.11. The first-order valence-corrected chi connectivity index (χ1v) is 7.36. The molecule has 22 heavy (non-hydrogen) atoms. The van der Waals surface area contributed by atoms with Gasteiger partial charge in [-0.1, -0.05) is 0 Å². The van der Waals surface area contributed by atoms with Gasteiger partial charge in [-0.2, -0.15) is 8.78 Å². The fourth-order valence-corrected chi connectivity index (χ4v) is 3.06. The Labute approximate surface area is 126 Å². The van der Waals surface area contributed by atoms with E-state index >= 15 is 0 Å². The molecule has 0 unspecified atom stereocenters. The zero-order valence-corrected chi connectivity index (χ0v) is 12.0. The van der Waals surface area contributed by atoms with Gasteiger partial charge in [0.05, 0.1) is 5.60 Å². The van der Waals surface area contributed by atoms with Crippen LogP contribution in [0.1, 0.15) is 42.5 Å². The standard InChI is InChI=1S/C15H18F2N2O3/c16-13(17)22-11-8-10(2-7-18-11)12(20)19-9-14(5-6-14)15(21)3-1-4-15/h2,7-8,13,21H,1,3-6,9H2,(H,19,20). The molecular formula is C15H18F2N2O3. The second-order valence-electron chi connectivity index (χ2n) is 6.11. The van der Waals surface area contributed by atoms with E-state index in [0.29, 0.717) is 6.54 Å².